The molecule has 0 bridgehead atoms. The average molecular weight is 244 g/mol. The third-order valence-corrected chi connectivity index (χ3v) is 2.99. The van der Waals surface area contributed by atoms with Crippen molar-refractivity contribution >= 4 is 18.3 Å². The first-order chi connectivity index (χ1) is 7.09. The summed E-state index contributed by atoms with van der Waals surface area (Å²) < 4.78 is 0. The van der Waals surface area contributed by atoms with Gasteiger partial charge in [-0.05, 0) is 25.5 Å². The van der Waals surface area contributed by atoms with Crippen molar-refractivity contribution in [3.63, 3.8) is 0 Å². The molecule has 1 saturated heterocycles. The van der Waals surface area contributed by atoms with Crippen LogP contribution in [0, 0.1) is 13.8 Å². The van der Waals surface area contributed by atoms with Gasteiger partial charge in [-0.1, -0.05) is 0 Å². The Kier molecular flexibility index (Phi) is 3.99. The van der Waals surface area contributed by atoms with Gasteiger partial charge in [0.25, 0.3) is 5.91 Å². The molecule has 5 heteroatoms. The number of aromatic nitrogens is 1. The number of carbonyl (C=O) groups excluding carboxylic acids is 1. The standard InChI is InChI=1S/C11H17N3O.ClH/c1-7-4-8(2)13-10(7)11(15)14(3)9-5-12-6-9;/h4,9,12-13H,5-6H2,1-3H3;1H. The third kappa shape index (κ3) is 2.23. The zero-order valence-electron chi connectivity index (χ0n) is 9.83. The summed E-state index contributed by atoms with van der Waals surface area (Å²) >= 11 is 0. The Morgan fingerprint density at radius 2 is 2.06 bits per heavy atom. The lowest BCUT2D eigenvalue weighted by molar-refractivity contribution is 0.0675. The summed E-state index contributed by atoms with van der Waals surface area (Å²) in [5, 5.41) is 3.16. The van der Waals surface area contributed by atoms with Gasteiger partial charge in [0.05, 0.1) is 6.04 Å². The minimum atomic E-state index is 0. The van der Waals surface area contributed by atoms with Crippen molar-refractivity contribution < 1.29 is 4.79 Å². The summed E-state index contributed by atoms with van der Waals surface area (Å²) in [4.78, 5) is 17.0. The van der Waals surface area contributed by atoms with Gasteiger partial charge < -0.3 is 15.2 Å². The van der Waals surface area contributed by atoms with Crippen molar-refractivity contribution in [2.45, 2.75) is 19.9 Å². The largest absolute Gasteiger partial charge is 0.354 e. The number of likely N-dealkylation sites (N-methyl/N-ethyl adjacent to an activating group) is 1. The number of carbonyl (C=O) groups is 1. The Balaban J connectivity index is 0.00000128. The molecule has 0 saturated carbocycles. The van der Waals surface area contributed by atoms with Crippen molar-refractivity contribution in [1.29, 1.82) is 0 Å². The van der Waals surface area contributed by atoms with Gasteiger partial charge in [0.1, 0.15) is 5.69 Å². The fourth-order valence-electron chi connectivity index (χ4n) is 1.84. The topological polar surface area (TPSA) is 48.1 Å². The molecular formula is C11H18ClN3O. The van der Waals surface area contributed by atoms with Crippen molar-refractivity contribution in [2.24, 2.45) is 0 Å². The van der Waals surface area contributed by atoms with Gasteiger partial charge in [0.15, 0.2) is 0 Å². The van der Waals surface area contributed by atoms with Gasteiger partial charge in [-0.3, -0.25) is 4.79 Å². The third-order valence-electron chi connectivity index (χ3n) is 2.99. The monoisotopic (exact) mass is 243 g/mol. The van der Waals surface area contributed by atoms with E-state index in [1.165, 1.54) is 0 Å². The Bertz CT molecular complexity index is 385. The predicted molar refractivity (Wildman–Crippen MR) is 66.3 cm³/mol. The summed E-state index contributed by atoms with van der Waals surface area (Å²) in [7, 11) is 1.86. The highest BCUT2D eigenvalue weighted by Crippen LogP contribution is 2.13. The fraction of sp³-hybridized carbons (Fsp3) is 0.545. The van der Waals surface area contributed by atoms with Crippen LogP contribution in [0.15, 0.2) is 6.07 Å². The number of aryl methyl sites for hydroxylation is 2. The SMILES string of the molecule is Cc1cc(C)c(C(=O)N(C)C2CNC2)[nH]1.Cl. The van der Waals surface area contributed by atoms with E-state index < -0.39 is 0 Å². The van der Waals surface area contributed by atoms with E-state index in [-0.39, 0.29) is 18.3 Å². The van der Waals surface area contributed by atoms with Crippen LogP contribution in [-0.4, -0.2) is 42.0 Å². The Labute approximate surface area is 102 Å². The molecule has 0 unspecified atom stereocenters. The molecule has 2 N–H and O–H groups in total. The van der Waals surface area contributed by atoms with Crippen molar-refractivity contribution in [3.8, 4) is 0 Å². The number of hydrogen-bond donors (Lipinski definition) is 2. The highest BCUT2D eigenvalue weighted by molar-refractivity contribution is 5.94. The van der Waals surface area contributed by atoms with Crippen LogP contribution in [-0.2, 0) is 0 Å². The summed E-state index contributed by atoms with van der Waals surface area (Å²) in [5.41, 5.74) is 2.79. The maximum Gasteiger partial charge on any atom is 0.270 e. The molecule has 1 aromatic rings. The quantitative estimate of drug-likeness (QED) is 0.817. The number of hydrogen-bond acceptors (Lipinski definition) is 2. The molecule has 1 amide bonds. The molecule has 0 radical (unpaired) electrons. The van der Waals surface area contributed by atoms with E-state index in [4.69, 9.17) is 0 Å². The van der Waals surface area contributed by atoms with Gasteiger partial charge in [-0.15, -0.1) is 12.4 Å². The lowest BCUT2D eigenvalue weighted by atomic mass is 10.1. The molecule has 0 aliphatic carbocycles. The fourth-order valence-corrected chi connectivity index (χ4v) is 1.84. The highest BCUT2D eigenvalue weighted by atomic mass is 35.5. The summed E-state index contributed by atoms with van der Waals surface area (Å²) in [5.74, 6) is 0.0899. The molecule has 0 atom stereocenters. The molecule has 0 aromatic carbocycles. The number of rotatable bonds is 2. The molecule has 1 aromatic heterocycles. The number of aromatic amines is 1. The molecule has 4 nitrogen and oxygen atoms in total. The van der Waals surface area contributed by atoms with E-state index in [1.54, 1.807) is 0 Å². The van der Waals surface area contributed by atoms with Gasteiger partial charge >= 0.3 is 0 Å². The van der Waals surface area contributed by atoms with Crippen LogP contribution in [0.3, 0.4) is 0 Å². The average Bonchev–Trinajstić information content (AvgIpc) is 2.41. The van der Waals surface area contributed by atoms with E-state index >= 15 is 0 Å². The molecule has 16 heavy (non-hydrogen) atoms. The Hall–Kier alpha value is -1.00. The molecule has 0 spiro atoms. The lowest BCUT2D eigenvalue weighted by Gasteiger charge is -2.35. The molecule has 2 heterocycles. The second kappa shape index (κ2) is 4.89. The van der Waals surface area contributed by atoms with E-state index in [0.717, 1.165) is 30.0 Å². The molecular weight excluding hydrogens is 226 g/mol. The molecule has 1 fully saturated rings. The van der Waals surface area contributed by atoms with Crippen molar-refractivity contribution in [3.05, 3.63) is 23.0 Å². The van der Waals surface area contributed by atoms with E-state index in [9.17, 15) is 4.79 Å². The molecule has 1 aliphatic rings. The van der Waals surface area contributed by atoms with Crippen LogP contribution in [0.4, 0.5) is 0 Å². The zero-order valence-corrected chi connectivity index (χ0v) is 10.6. The first kappa shape index (κ1) is 13.1. The van der Waals surface area contributed by atoms with Crippen LogP contribution in [0.25, 0.3) is 0 Å². The zero-order chi connectivity index (χ0) is 11.0. The van der Waals surface area contributed by atoms with Gasteiger partial charge in [0.2, 0.25) is 0 Å². The van der Waals surface area contributed by atoms with Gasteiger partial charge in [-0.25, -0.2) is 0 Å². The summed E-state index contributed by atoms with van der Waals surface area (Å²) in [6.45, 7) is 5.74. The molecule has 90 valence electrons. The van der Waals surface area contributed by atoms with Crippen molar-refractivity contribution in [2.75, 3.05) is 20.1 Å². The van der Waals surface area contributed by atoms with Crippen LogP contribution in [0.1, 0.15) is 21.7 Å². The van der Waals surface area contributed by atoms with Crippen LogP contribution in [0.2, 0.25) is 0 Å². The minimum absolute atomic E-state index is 0. The second-order valence-electron chi connectivity index (χ2n) is 4.24. The van der Waals surface area contributed by atoms with Crippen LogP contribution < -0.4 is 5.32 Å². The maximum atomic E-state index is 12.1. The second-order valence-corrected chi connectivity index (χ2v) is 4.24. The molecule has 1 aliphatic heterocycles. The maximum absolute atomic E-state index is 12.1. The lowest BCUT2D eigenvalue weighted by Crippen LogP contribution is -2.57. The minimum Gasteiger partial charge on any atom is -0.354 e. The highest BCUT2D eigenvalue weighted by Gasteiger charge is 2.27. The number of nitrogens with zero attached hydrogens (tertiary/aromatic N) is 1. The first-order valence-electron chi connectivity index (χ1n) is 5.23. The van der Waals surface area contributed by atoms with Gasteiger partial charge in [0, 0.05) is 25.8 Å². The number of H-pyrrole nitrogens is 1. The number of amides is 1. The van der Waals surface area contributed by atoms with Crippen molar-refractivity contribution in [1.82, 2.24) is 15.2 Å². The van der Waals surface area contributed by atoms with Crippen LogP contribution >= 0.6 is 12.4 Å². The Morgan fingerprint density at radius 1 is 1.44 bits per heavy atom. The van der Waals surface area contributed by atoms with Crippen LogP contribution in [0.5, 0.6) is 0 Å². The van der Waals surface area contributed by atoms with E-state index in [1.807, 2.05) is 31.9 Å². The normalized spacial score (nSPS) is 15.2. The first-order valence-corrected chi connectivity index (χ1v) is 5.23. The predicted octanol–water partition coefficient (Wildman–Crippen LogP) is 1.10. The Morgan fingerprint density at radius 3 is 2.44 bits per heavy atom. The summed E-state index contributed by atoms with van der Waals surface area (Å²) in [6.07, 6.45) is 0. The van der Waals surface area contributed by atoms with E-state index in [0.29, 0.717) is 6.04 Å². The summed E-state index contributed by atoms with van der Waals surface area (Å²) in [6, 6.07) is 2.35. The smallest absolute Gasteiger partial charge is 0.270 e. The van der Waals surface area contributed by atoms with Gasteiger partial charge in [-0.2, -0.15) is 0 Å². The van der Waals surface area contributed by atoms with E-state index in [2.05, 4.69) is 10.3 Å². The number of halogens is 1. The number of nitrogens with one attached hydrogen (secondary N) is 2. The molecule has 2 rings (SSSR count).